The molecule has 6 aromatic rings. The molecule has 0 unspecified atom stereocenters. The third kappa shape index (κ3) is 8.45. The van der Waals surface area contributed by atoms with E-state index in [0.717, 1.165) is 0 Å². The molecule has 0 amide bonds. The van der Waals surface area contributed by atoms with E-state index in [9.17, 15) is 0 Å². The Kier molecular flexibility index (Phi) is 14.0. The summed E-state index contributed by atoms with van der Waals surface area (Å²) in [7, 11) is -2.29. The fourth-order valence-electron chi connectivity index (χ4n) is 8.79. The molecule has 0 spiro atoms. The monoisotopic (exact) mass is 780 g/mol. The second kappa shape index (κ2) is 18.0. The van der Waals surface area contributed by atoms with Gasteiger partial charge in [0, 0.05) is 8.07 Å². The van der Waals surface area contributed by atoms with Crippen LogP contribution in [0.2, 0.25) is 13.1 Å². The second-order valence-corrected chi connectivity index (χ2v) is 20.7. The molecule has 0 atom stereocenters. The molecule has 52 heavy (non-hydrogen) atoms. The summed E-state index contributed by atoms with van der Waals surface area (Å²) in [6.45, 7) is 19.2. The molecule has 0 saturated heterocycles. The summed E-state index contributed by atoms with van der Waals surface area (Å²) in [5.41, 5.74) is 11.5. The van der Waals surface area contributed by atoms with Gasteiger partial charge in [0.2, 0.25) is 0 Å². The SMILES string of the molecule is CCCCCCc1[cH-]c2cccc(-c3ccc(C(C)C)cc3)c2c1[Si](C)(C)c1c(CCCCCC)[cH-]c2cccc(-c3ccc(C(C)C)cc3)c12.[Zr+2]. The Labute approximate surface area is 336 Å². The van der Waals surface area contributed by atoms with Gasteiger partial charge in [-0.05, 0) is 46.9 Å². The summed E-state index contributed by atoms with van der Waals surface area (Å²) < 4.78 is 0. The summed E-state index contributed by atoms with van der Waals surface area (Å²) in [6.07, 6.45) is 12.7. The van der Waals surface area contributed by atoms with Crippen LogP contribution in [0.5, 0.6) is 0 Å². The van der Waals surface area contributed by atoms with Gasteiger partial charge in [-0.1, -0.05) is 178 Å². The summed E-state index contributed by atoms with van der Waals surface area (Å²) in [4.78, 5) is 0. The number of benzene rings is 4. The van der Waals surface area contributed by atoms with Gasteiger partial charge in [-0.15, -0.1) is 69.1 Å². The second-order valence-electron chi connectivity index (χ2n) is 16.4. The molecule has 0 bridgehead atoms. The molecule has 0 aliphatic carbocycles. The van der Waals surface area contributed by atoms with E-state index < -0.39 is 8.07 Å². The third-order valence-electron chi connectivity index (χ3n) is 11.6. The Balaban J connectivity index is 0.00000523. The van der Waals surface area contributed by atoms with E-state index in [2.05, 4.69) is 152 Å². The normalized spacial score (nSPS) is 12.0. The first-order valence-corrected chi connectivity index (χ1v) is 23.3. The zero-order chi connectivity index (χ0) is 36.1. The predicted molar refractivity (Wildman–Crippen MR) is 231 cm³/mol. The van der Waals surface area contributed by atoms with Crippen molar-refractivity contribution in [1.82, 2.24) is 0 Å². The van der Waals surface area contributed by atoms with Crippen molar-refractivity contribution in [2.75, 3.05) is 0 Å². The van der Waals surface area contributed by atoms with Crippen molar-refractivity contribution in [3.05, 3.63) is 119 Å². The molecule has 270 valence electrons. The maximum Gasteiger partial charge on any atom is 2.00 e. The zero-order valence-corrected chi connectivity index (χ0v) is 36.9. The molecule has 6 aromatic carbocycles. The van der Waals surface area contributed by atoms with Crippen molar-refractivity contribution in [2.24, 2.45) is 0 Å². The number of hydrogen-bond donors (Lipinski definition) is 0. The van der Waals surface area contributed by atoms with Gasteiger partial charge in [-0.3, -0.25) is 0 Å². The maximum atomic E-state index is 2.69. The molecule has 0 N–H and O–H groups in total. The van der Waals surface area contributed by atoms with Crippen LogP contribution in [0.1, 0.15) is 127 Å². The molecular formula is C50H62SiZr. The Hall–Kier alpha value is -2.80. The Morgan fingerprint density at radius 3 is 1.23 bits per heavy atom. The van der Waals surface area contributed by atoms with Crippen LogP contribution in [-0.2, 0) is 39.0 Å². The van der Waals surface area contributed by atoms with Crippen molar-refractivity contribution in [2.45, 2.75) is 131 Å². The average Bonchev–Trinajstić information content (AvgIpc) is 3.71. The summed E-state index contributed by atoms with van der Waals surface area (Å²) in [5, 5.41) is 9.25. The first-order chi connectivity index (χ1) is 24.6. The number of unbranched alkanes of at least 4 members (excludes halogenated alkanes) is 6. The van der Waals surface area contributed by atoms with Gasteiger partial charge in [0.05, 0.1) is 0 Å². The van der Waals surface area contributed by atoms with Crippen molar-refractivity contribution >= 4 is 40.0 Å². The molecule has 0 heterocycles. The summed E-state index contributed by atoms with van der Waals surface area (Å²) >= 11 is 0. The number of aryl methyl sites for hydroxylation is 2. The van der Waals surface area contributed by atoms with Crippen molar-refractivity contribution < 1.29 is 26.2 Å². The van der Waals surface area contributed by atoms with Gasteiger partial charge in [-0.25, -0.2) is 0 Å². The van der Waals surface area contributed by atoms with E-state index in [1.807, 2.05) is 0 Å². The van der Waals surface area contributed by atoms with E-state index in [1.54, 1.807) is 21.5 Å². The summed E-state index contributed by atoms with van der Waals surface area (Å²) in [5.74, 6) is 1.06. The van der Waals surface area contributed by atoms with E-state index >= 15 is 0 Å². The molecule has 2 heteroatoms. The average molecular weight is 782 g/mol. The van der Waals surface area contributed by atoms with E-state index in [-0.39, 0.29) is 26.2 Å². The maximum absolute atomic E-state index is 2.69. The van der Waals surface area contributed by atoms with Gasteiger partial charge in [0.25, 0.3) is 0 Å². The molecule has 0 radical (unpaired) electrons. The largest absolute Gasteiger partial charge is 2.00 e. The quantitative estimate of drug-likeness (QED) is 0.0521. The summed E-state index contributed by atoms with van der Waals surface area (Å²) in [6, 6.07) is 38.3. The predicted octanol–water partition coefficient (Wildman–Crippen LogP) is 14.1. The minimum Gasteiger partial charge on any atom is -0.158 e. The fourth-order valence-corrected chi connectivity index (χ4v) is 12.8. The van der Waals surface area contributed by atoms with Crippen molar-refractivity contribution in [1.29, 1.82) is 0 Å². The van der Waals surface area contributed by atoms with Crippen molar-refractivity contribution in [3.8, 4) is 22.3 Å². The van der Waals surface area contributed by atoms with Crippen LogP contribution in [0.3, 0.4) is 0 Å². The molecule has 0 aliphatic rings. The topological polar surface area (TPSA) is 0 Å². The van der Waals surface area contributed by atoms with E-state index in [1.165, 1.54) is 119 Å². The standard InChI is InChI=1S/C50H62Si.Zr/c1-9-11-13-15-19-43-33-41-21-17-23-45(39-29-25-37(26-30-39)35(3)4)47(41)49(43)51(7,8)50-44(20-16-14-12-10-2)34-42-22-18-24-46(48(42)50)40-31-27-38(28-32-40)36(5)6;/h17-18,21-36H,9-16,19-20H2,1-8H3;/q-2;+2. The van der Waals surface area contributed by atoms with Crippen LogP contribution in [0, 0.1) is 0 Å². The van der Waals surface area contributed by atoms with Crippen LogP contribution in [-0.4, -0.2) is 8.07 Å². The third-order valence-corrected chi connectivity index (χ3v) is 15.3. The van der Waals surface area contributed by atoms with E-state index in [0.29, 0.717) is 11.8 Å². The van der Waals surface area contributed by atoms with Crippen LogP contribution < -0.4 is 10.4 Å². The smallest absolute Gasteiger partial charge is 0.158 e. The molecule has 0 aliphatic heterocycles. The van der Waals surface area contributed by atoms with Crippen LogP contribution in [0.4, 0.5) is 0 Å². The first kappa shape index (κ1) is 40.4. The van der Waals surface area contributed by atoms with Crippen molar-refractivity contribution in [3.63, 3.8) is 0 Å². The number of hydrogen-bond acceptors (Lipinski definition) is 0. The van der Waals surface area contributed by atoms with Gasteiger partial charge in [0.15, 0.2) is 0 Å². The Bertz CT molecular complexity index is 1880. The van der Waals surface area contributed by atoms with E-state index in [4.69, 9.17) is 0 Å². The van der Waals surface area contributed by atoms with Gasteiger partial charge in [0.1, 0.15) is 0 Å². The number of fused-ring (bicyclic) bond motifs is 2. The molecule has 0 fully saturated rings. The minimum absolute atomic E-state index is 0. The Morgan fingerprint density at radius 2 is 0.885 bits per heavy atom. The van der Waals surface area contributed by atoms with Crippen LogP contribution in [0.25, 0.3) is 43.8 Å². The molecule has 0 nitrogen and oxygen atoms in total. The Morgan fingerprint density at radius 1 is 0.500 bits per heavy atom. The number of rotatable bonds is 16. The van der Waals surface area contributed by atoms with Gasteiger partial charge < -0.3 is 0 Å². The zero-order valence-electron chi connectivity index (χ0n) is 33.5. The van der Waals surface area contributed by atoms with Gasteiger partial charge in [-0.2, -0.15) is 10.4 Å². The van der Waals surface area contributed by atoms with Crippen LogP contribution in [0.15, 0.2) is 97.1 Å². The molecule has 0 aromatic heterocycles. The first-order valence-electron chi connectivity index (χ1n) is 20.3. The fraction of sp³-hybridized carbons (Fsp3) is 0.400. The van der Waals surface area contributed by atoms with Crippen LogP contribution >= 0.6 is 0 Å². The molecular weight excluding hydrogens is 720 g/mol. The molecule has 0 saturated carbocycles. The minimum atomic E-state index is -2.29. The van der Waals surface area contributed by atoms with Gasteiger partial charge >= 0.3 is 26.2 Å². The molecule has 6 rings (SSSR count).